The minimum Gasteiger partial charge on any atom is -0.506 e. The van der Waals surface area contributed by atoms with E-state index in [1.54, 1.807) is 0 Å². The van der Waals surface area contributed by atoms with Gasteiger partial charge in [-0.1, -0.05) is 0 Å². The number of nitro benzene ring substituents is 1. The lowest BCUT2D eigenvalue weighted by Crippen LogP contribution is -2.41. The number of nitro groups is 1. The highest BCUT2D eigenvalue weighted by atomic mass is 16.6. The van der Waals surface area contributed by atoms with Gasteiger partial charge in [0, 0.05) is 24.6 Å². The summed E-state index contributed by atoms with van der Waals surface area (Å²) in [5.41, 5.74) is -1.60. The van der Waals surface area contributed by atoms with E-state index in [-0.39, 0.29) is 16.6 Å². The van der Waals surface area contributed by atoms with Gasteiger partial charge in [-0.05, 0) is 13.0 Å². The molecule has 0 aliphatic heterocycles. The number of pyridine rings is 1. The number of rotatable bonds is 4. The van der Waals surface area contributed by atoms with Crippen LogP contribution >= 0.6 is 0 Å². The number of benzene rings is 1. The third-order valence-corrected chi connectivity index (χ3v) is 3.69. The Morgan fingerprint density at radius 2 is 2.04 bits per heavy atom. The van der Waals surface area contributed by atoms with Crippen molar-refractivity contribution in [3.05, 3.63) is 44.2 Å². The maximum absolute atomic E-state index is 12.4. The molecule has 2 aromatic rings. The van der Waals surface area contributed by atoms with E-state index in [0.717, 1.165) is 23.8 Å². The fraction of sp³-hybridized carbons (Fsp3) is 0.267. The first-order chi connectivity index (χ1) is 11.7. The predicted octanol–water partition coefficient (Wildman–Crippen LogP) is 0.444. The third-order valence-electron chi connectivity index (χ3n) is 3.69. The zero-order valence-corrected chi connectivity index (χ0v) is 13.6. The van der Waals surface area contributed by atoms with E-state index in [4.69, 9.17) is 0 Å². The molecule has 25 heavy (non-hydrogen) atoms. The first kappa shape index (κ1) is 17.9. The molecule has 0 unspecified atom stereocenters. The van der Waals surface area contributed by atoms with Gasteiger partial charge in [0.05, 0.1) is 17.5 Å². The Labute approximate surface area is 140 Å². The lowest BCUT2D eigenvalue weighted by molar-refractivity contribution is -0.384. The molecule has 1 heterocycles. The summed E-state index contributed by atoms with van der Waals surface area (Å²) in [7, 11) is 2.46. The van der Waals surface area contributed by atoms with Crippen molar-refractivity contribution >= 4 is 28.5 Å². The lowest BCUT2D eigenvalue weighted by atomic mass is 10.1. The third kappa shape index (κ3) is 3.13. The summed E-state index contributed by atoms with van der Waals surface area (Å²) >= 11 is 0. The molecule has 0 fully saturated rings. The summed E-state index contributed by atoms with van der Waals surface area (Å²) in [4.78, 5) is 46.3. The van der Waals surface area contributed by atoms with Crippen molar-refractivity contribution in [2.45, 2.75) is 13.0 Å². The van der Waals surface area contributed by atoms with Crippen LogP contribution in [0, 0.1) is 10.1 Å². The number of aromatic nitrogens is 1. The summed E-state index contributed by atoms with van der Waals surface area (Å²) in [5.74, 6) is -2.31. The summed E-state index contributed by atoms with van der Waals surface area (Å²) in [6, 6.07) is 2.47. The minimum absolute atomic E-state index is 0.0866. The molecule has 0 aliphatic rings. The molecule has 1 atom stereocenters. The molecule has 1 aromatic heterocycles. The quantitative estimate of drug-likeness (QED) is 0.463. The summed E-state index contributed by atoms with van der Waals surface area (Å²) in [6.45, 7) is 1.36. The summed E-state index contributed by atoms with van der Waals surface area (Å²) in [5, 5.41) is 23.5. The first-order valence-electron chi connectivity index (χ1n) is 7.07. The van der Waals surface area contributed by atoms with Crippen LogP contribution in [0.25, 0.3) is 10.9 Å². The van der Waals surface area contributed by atoms with E-state index in [1.807, 2.05) is 0 Å². The van der Waals surface area contributed by atoms with Crippen molar-refractivity contribution in [2.24, 2.45) is 7.05 Å². The van der Waals surface area contributed by atoms with E-state index in [9.17, 15) is 29.6 Å². The Kier molecular flexibility index (Phi) is 4.72. The number of carbonyl (C=O) groups is 2. The monoisotopic (exact) mass is 349 g/mol. The minimum atomic E-state index is -1.03. The van der Waals surface area contributed by atoms with Gasteiger partial charge in [0.2, 0.25) is 0 Å². The average molecular weight is 349 g/mol. The standard InChI is InChI=1S/C15H15N3O7/c1-7(15(22)25-3)16-13(20)11-12(19)9-5-4-8(18(23)24)6-10(9)17(2)14(11)21/h4-7,19H,1-3H3,(H,16,20)/t7-/m0/s1. The molecule has 0 saturated carbocycles. The number of fused-ring (bicyclic) bond motifs is 1. The van der Waals surface area contributed by atoms with Crippen LogP contribution in [0.3, 0.4) is 0 Å². The highest BCUT2D eigenvalue weighted by molar-refractivity contribution is 6.03. The van der Waals surface area contributed by atoms with Gasteiger partial charge in [0.1, 0.15) is 17.4 Å². The molecule has 132 valence electrons. The van der Waals surface area contributed by atoms with Gasteiger partial charge < -0.3 is 19.7 Å². The molecule has 0 spiro atoms. The molecule has 0 aliphatic carbocycles. The van der Waals surface area contributed by atoms with Gasteiger partial charge in [-0.15, -0.1) is 0 Å². The van der Waals surface area contributed by atoms with Crippen LogP contribution in [-0.2, 0) is 16.6 Å². The fourth-order valence-corrected chi connectivity index (χ4v) is 2.33. The van der Waals surface area contributed by atoms with Crippen molar-refractivity contribution in [1.82, 2.24) is 9.88 Å². The predicted molar refractivity (Wildman–Crippen MR) is 86.5 cm³/mol. The van der Waals surface area contributed by atoms with Crippen LogP contribution in [0.2, 0.25) is 0 Å². The first-order valence-corrected chi connectivity index (χ1v) is 7.07. The molecule has 1 aromatic carbocycles. The van der Waals surface area contributed by atoms with Crippen molar-refractivity contribution < 1.29 is 24.4 Å². The number of non-ortho nitro benzene ring substituents is 1. The van der Waals surface area contributed by atoms with Crippen molar-refractivity contribution in [2.75, 3.05) is 7.11 Å². The second kappa shape index (κ2) is 6.59. The molecule has 10 nitrogen and oxygen atoms in total. The van der Waals surface area contributed by atoms with E-state index in [1.165, 1.54) is 20.0 Å². The number of nitrogens with zero attached hydrogens (tertiary/aromatic N) is 2. The Hall–Kier alpha value is -3.43. The largest absolute Gasteiger partial charge is 0.506 e. The Bertz CT molecular complexity index is 948. The van der Waals surface area contributed by atoms with Crippen LogP contribution in [0.4, 0.5) is 5.69 Å². The zero-order valence-electron chi connectivity index (χ0n) is 13.6. The zero-order chi connectivity index (χ0) is 18.9. The van der Waals surface area contributed by atoms with Crippen LogP contribution in [-0.4, -0.2) is 39.6 Å². The van der Waals surface area contributed by atoms with Crippen LogP contribution in [0.1, 0.15) is 17.3 Å². The topological polar surface area (TPSA) is 141 Å². The Balaban J connectivity index is 2.61. The second-order valence-corrected chi connectivity index (χ2v) is 5.26. The fourth-order valence-electron chi connectivity index (χ4n) is 2.33. The smallest absolute Gasteiger partial charge is 0.328 e. The van der Waals surface area contributed by atoms with Crippen LogP contribution in [0.15, 0.2) is 23.0 Å². The van der Waals surface area contributed by atoms with Crippen LogP contribution in [0.5, 0.6) is 5.75 Å². The number of aromatic hydroxyl groups is 1. The Morgan fingerprint density at radius 1 is 1.40 bits per heavy atom. The van der Waals surface area contributed by atoms with Gasteiger partial charge >= 0.3 is 5.97 Å². The number of hydrogen-bond acceptors (Lipinski definition) is 7. The van der Waals surface area contributed by atoms with E-state index in [0.29, 0.717) is 0 Å². The van der Waals surface area contributed by atoms with Gasteiger partial charge in [0.15, 0.2) is 0 Å². The molecule has 0 radical (unpaired) electrons. The number of esters is 1. The molecule has 2 N–H and O–H groups in total. The van der Waals surface area contributed by atoms with Gasteiger partial charge in [0.25, 0.3) is 17.2 Å². The number of ether oxygens (including phenoxy) is 1. The molecule has 0 bridgehead atoms. The highest BCUT2D eigenvalue weighted by Gasteiger charge is 2.25. The summed E-state index contributed by atoms with van der Waals surface area (Å²) < 4.78 is 5.49. The van der Waals surface area contributed by atoms with E-state index in [2.05, 4.69) is 10.1 Å². The molecular formula is C15H15N3O7. The normalized spacial score (nSPS) is 11.8. The second-order valence-electron chi connectivity index (χ2n) is 5.26. The molecule has 1 amide bonds. The number of carbonyl (C=O) groups excluding carboxylic acids is 2. The molecule has 10 heteroatoms. The molecule has 0 saturated heterocycles. The van der Waals surface area contributed by atoms with Crippen molar-refractivity contribution in [3.63, 3.8) is 0 Å². The number of methoxy groups -OCH3 is 1. The number of amides is 1. The van der Waals surface area contributed by atoms with Gasteiger partial charge in [-0.2, -0.15) is 0 Å². The number of aryl methyl sites for hydroxylation is 1. The maximum atomic E-state index is 12.4. The summed E-state index contributed by atoms with van der Waals surface area (Å²) in [6.07, 6.45) is 0. The van der Waals surface area contributed by atoms with E-state index >= 15 is 0 Å². The van der Waals surface area contributed by atoms with Crippen molar-refractivity contribution in [3.8, 4) is 5.75 Å². The number of hydrogen-bond donors (Lipinski definition) is 2. The SMILES string of the molecule is COC(=O)[C@H](C)NC(=O)c1c(O)c2ccc([N+](=O)[O-])cc2n(C)c1=O. The number of nitrogens with one attached hydrogen (secondary N) is 1. The Morgan fingerprint density at radius 3 is 2.60 bits per heavy atom. The maximum Gasteiger partial charge on any atom is 0.328 e. The van der Waals surface area contributed by atoms with Crippen molar-refractivity contribution in [1.29, 1.82) is 0 Å². The molecular weight excluding hydrogens is 334 g/mol. The van der Waals surface area contributed by atoms with Gasteiger partial charge in [-0.25, -0.2) is 4.79 Å². The van der Waals surface area contributed by atoms with Crippen LogP contribution < -0.4 is 10.9 Å². The molecule has 2 rings (SSSR count). The van der Waals surface area contributed by atoms with E-state index < -0.39 is 39.7 Å². The van der Waals surface area contributed by atoms with Gasteiger partial charge in [-0.3, -0.25) is 19.7 Å². The lowest BCUT2D eigenvalue weighted by Gasteiger charge is -2.14. The highest BCUT2D eigenvalue weighted by Crippen LogP contribution is 2.28. The average Bonchev–Trinajstić information content (AvgIpc) is 2.58.